The molecule has 1 saturated heterocycles. The van der Waals surface area contributed by atoms with Crippen LogP contribution in [0, 0.1) is 0 Å². The summed E-state index contributed by atoms with van der Waals surface area (Å²) in [6.45, 7) is 2.28. The second-order valence-electron chi connectivity index (χ2n) is 6.48. The molecule has 1 aliphatic rings. The van der Waals surface area contributed by atoms with Crippen LogP contribution in [0.25, 0.3) is 10.9 Å². The van der Waals surface area contributed by atoms with Gasteiger partial charge in [0.2, 0.25) is 0 Å². The number of pyridine rings is 1. The zero-order chi connectivity index (χ0) is 15.7. The van der Waals surface area contributed by atoms with Gasteiger partial charge in [0.25, 0.3) is 0 Å². The van der Waals surface area contributed by atoms with Crippen LogP contribution in [0.4, 0.5) is 5.69 Å². The third-order valence-electron chi connectivity index (χ3n) is 4.19. The first-order valence-electron chi connectivity index (χ1n) is 7.63. The number of piperidine rings is 1. The highest BCUT2D eigenvalue weighted by atomic mass is 35.5. The summed E-state index contributed by atoms with van der Waals surface area (Å²) in [6.07, 6.45) is 3.64. The van der Waals surface area contributed by atoms with Crippen LogP contribution < -0.4 is 4.90 Å². The van der Waals surface area contributed by atoms with Gasteiger partial charge in [0, 0.05) is 41.9 Å². The number of anilines is 1. The van der Waals surface area contributed by atoms with E-state index in [0.29, 0.717) is 18.1 Å². The molecule has 4 nitrogen and oxygen atoms in total. The van der Waals surface area contributed by atoms with Crippen LogP contribution in [-0.2, 0) is 0 Å². The molecule has 2 aromatic rings. The van der Waals surface area contributed by atoms with Crippen molar-refractivity contribution in [1.29, 1.82) is 0 Å². The van der Waals surface area contributed by atoms with E-state index in [1.54, 1.807) is 0 Å². The monoisotopic (exact) mass is 319 g/mol. The van der Waals surface area contributed by atoms with Crippen molar-refractivity contribution in [3.63, 3.8) is 0 Å². The molecule has 0 amide bonds. The van der Waals surface area contributed by atoms with Crippen molar-refractivity contribution in [2.45, 2.75) is 18.4 Å². The number of halogens is 1. The standard InChI is InChI=1S/C17H22ClN3O/c1-20(2)11-17(22)7-3-9-21(12-17)16-6-8-19-15-10-13(18)4-5-14(15)16/h4-6,8,10,22H,3,7,9,11-12H2,1-2H3. The zero-order valence-corrected chi connectivity index (χ0v) is 13.8. The van der Waals surface area contributed by atoms with Gasteiger partial charge in [-0.05, 0) is 51.2 Å². The minimum absolute atomic E-state index is 0.646. The molecule has 5 heteroatoms. The maximum Gasteiger partial charge on any atom is 0.0948 e. The topological polar surface area (TPSA) is 39.6 Å². The van der Waals surface area contributed by atoms with E-state index in [-0.39, 0.29) is 0 Å². The fraction of sp³-hybridized carbons (Fsp3) is 0.471. The molecule has 3 rings (SSSR count). The van der Waals surface area contributed by atoms with Gasteiger partial charge in [-0.2, -0.15) is 0 Å². The Labute approximate surface area is 136 Å². The zero-order valence-electron chi connectivity index (χ0n) is 13.1. The molecule has 1 aromatic heterocycles. The minimum atomic E-state index is -0.663. The second-order valence-corrected chi connectivity index (χ2v) is 6.92. The lowest BCUT2D eigenvalue weighted by molar-refractivity contribution is 0.00376. The fourth-order valence-electron chi connectivity index (χ4n) is 3.42. The number of aromatic nitrogens is 1. The van der Waals surface area contributed by atoms with Gasteiger partial charge in [-0.25, -0.2) is 0 Å². The van der Waals surface area contributed by atoms with Crippen LogP contribution in [0.1, 0.15) is 12.8 Å². The Kier molecular flexibility index (Phi) is 4.26. The third-order valence-corrected chi connectivity index (χ3v) is 4.42. The lowest BCUT2D eigenvalue weighted by atomic mass is 9.91. The van der Waals surface area contributed by atoms with Crippen molar-refractivity contribution in [2.75, 3.05) is 38.6 Å². The van der Waals surface area contributed by atoms with Crippen molar-refractivity contribution in [3.8, 4) is 0 Å². The van der Waals surface area contributed by atoms with Crippen molar-refractivity contribution in [1.82, 2.24) is 9.88 Å². The number of likely N-dealkylation sites (N-methyl/N-ethyl adjacent to an activating group) is 1. The third kappa shape index (κ3) is 3.19. The Hall–Kier alpha value is -1.36. The Morgan fingerprint density at radius 3 is 2.95 bits per heavy atom. The number of benzene rings is 1. The molecular formula is C17H22ClN3O. The molecule has 1 unspecified atom stereocenters. The number of hydrogen-bond acceptors (Lipinski definition) is 4. The van der Waals surface area contributed by atoms with E-state index in [4.69, 9.17) is 11.6 Å². The predicted molar refractivity (Wildman–Crippen MR) is 91.7 cm³/mol. The maximum atomic E-state index is 10.9. The lowest BCUT2D eigenvalue weighted by Crippen LogP contribution is -2.53. The Morgan fingerprint density at radius 2 is 2.18 bits per heavy atom. The van der Waals surface area contributed by atoms with Gasteiger partial charge in [0.15, 0.2) is 0 Å². The molecule has 118 valence electrons. The van der Waals surface area contributed by atoms with Crippen LogP contribution in [0.2, 0.25) is 5.02 Å². The van der Waals surface area contributed by atoms with Gasteiger partial charge >= 0.3 is 0 Å². The van der Waals surface area contributed by atoms with E-state index in [0.717, 1.165) is 36.0 Å². The lowest BCUT2D eigenvalue weighted by Gasteiger charge is -2.42. The number of hydrogen-bond donors (Lipinski definition) is 1. The summed E-state index contributed by atoms with van der Waals surface area (Å²) in [5.41, 5.74) is 1.36. The number of β-amino-alcohol motifs (C(OH)–C–C–N with tert-alkyl or cyclic N) is 1. The first kappa shape index (κ1) is 15.5. The van der Waals surface area contributed by atoms with Crippen LogP contribution in [0.5, 0.6) is 0 Å². The summed E-state index contributed by atoms with van der Waals surface area (Å²) in [5, 5.41) is 12.6. The van der Waals surface area contributed by atoms with Crippen molar-refractivity contribution < 1.29 is 5.11 Å². The number of rotatable bonds is 3. The number of fused-ring (bicyclic) bond motifs is 1. The van der Waals surface area contributed by atoms with Crippen molar-refractivity contribution >= 4 is 28.2 Å². The first-order valence-corrected chi connectivity index (χ1v) is 8.01. The molecule has 1 aromatic carbocycles. The van der Waals surface area contributed by atoms with Crippen molar-refractivity contribution in [2.24, 2.45) is 0 Å². The van der Waals surface area contributed by atoms with Crippen LogP contribution in [-0.4, -0.2) is 54.3 Å². The molecule has 1 fully saturated rings. The second kappa shape index (κ2) is 6.03. The highest BCUT2D eigenvalue weighted by molar-refractivity contribution is 6.31. The Balaban J connectivity index is 1.94. The average molecular weight is 320 g/mol. The van der Waals surface area contributed by atoms with E-state index >= 15 is 0 Å². The molecule has 0 aliphatic carbocycles. The molecule has 1 aliphatic heterocycles. The van der Waals surface area contributed by atoms with E-state index in [2.05, 4.69) is 9.88 Å². The number of aliphatic hydroxyl groups is 1. The summed E-state index contributed by atoms with van der Waals surface area (Å²) < 4.78 is 0. The fourth-order valence-corrected chi connectivity index (χ4v) is 3.58. The molecule has 0 spiro atoms. The largest absolute Gasteiger partial charge is 0.387 e. The molecule has 1 N–H and O–H groups in total. The van der Waals surface area contributed by atoms with Gasteiger partial charge in [-0.1, -0.05) is 11.6 Å². The van der Waals surface area contributed by atoms with Crippen molar-refractivity contribution in [3.05, 3.63) is 35.5 Å². The van der Waals surface area contributed by atoms with E-state index in [9.17, 15) is 5.11 Å². The molecule has 1 atom stereocenters. The number of nitrogens with zero attached hydrogens (tertiary/aromatic N) is 3. The summed E-state index contributed by atoms with van der Waals surface area (Å²) in [5.74, 6) is 0. The van der Waals surface area contributed by atoms with Gasteiger partial charge in [0.1, 0.15) is 0 Å². The van der Waals surface area contributed by atoms with Crippen LogP contribution >= 0.6 is 11.6 Å². The molecule has 2 heterocycles. The summed E-state index contributed by atoms with van der Waals surface area (Å²) in [7, 11) is 4.00. The normalized spacial score (nSPS) is 22.5. The van der Waals surface area contributed by atoms with Gasteiger partial charge < -0.3 is 14.9 Å². The maximum absolute atomic E-state index is 10.9. The smallest absolute Gasteiger partial charge is 0.0948 e. The van der Waals surface area contributed by atoms with Gasteiger partial charge in [0.05, 0.1) is 11.1 Å². The molecule has 22 heavy (non-hydrogen) atoms. The van der Waals surface area contributed by atoms with Gasteiger partial charge in [-0.15, -0.1) is 0 Å². The quantitative estimate of drug-likeness (QED) is 0.944. The van der Waals surface area contributed by atoms with Crippen LogP contribution in [0.15, 0.2) is 30.5 Å². The van der Waals surface area contributed by atoms with E-state index in [1.807, 2.05) is 49.5 Å². The first-order chi connectivity index (χ1) is 10.5. The highest BCUT2D eigenvalue weighted by Crippen LogP contribution is 2.32. The molecular weight excluding hydrogens is 298 g/mol. The predicted octanol–water partition coefficient (Wildman–Crippen LogP) is 2.78. The molecule has 0 bridgehead atoms. The summed E-state index contributed by atoms with van der Waals surface area (Å²) >= 11 is 6.06. The minimum Gasteiger partial charge on any atom is -0.387 e. The average Bonchev–Trinajstić information content (AvgIpc) is 2.45. The van der Waals surface area contributed by atoms with Crippen LogP contribution in [0.3, 0.4) is 0 Å². The highest BCUT2D eigenvalue weighted by Gasteiger charge is 2.34. The Bertz CT molecular complexity index is 676. The van der Waals surface area contributed by atoms with E-state index in [1.165, 1.54) is 0 Å². The summed E-state index contributed by atoms with van der Waals surface area (Å²) in [6, 6.07) is 7.82. The van der Waals surface area contributed by atoms with Gasteiger partial charge in [-0.3, -0.25) is 4.98 Å². The SMILES string of the molecule is CN(C)CC1(O)CCCN(c2ccnc3cc(Cl)ccc23)C1. The Morgan fingerprint density at radius 1 is 1.36 bits per heavy atom. The summed E-state index contributed by atoms with van der Waals surface area (Å²) in [4.78, 5) is 8.72. The molecule has 0 radical (unpaired) electrons. The van der Waals surface area contributed by atoms with E-state index < -0.39 is 5.60 Å². The molecule has 0 saturated carbocycles.